The predicted octanol–water partition coefficient (Wildman–Crippen LogP) is 2.21. The number of nitrogens with one attached hydrogen (secondary N) is 1. The molecule has 0 bridgehead atoms. The molecule has 0 aromatic carbocycles. The van der Waals surface area contributed by atoms with Crippen molar-refractivity contribution in [3.8, 4) is 0 Å². The molecular weight excluding hydrogens is 126 g/mol. The van der Waals surface area contributed by atoms with E-state index < -0.39 is 0 Å². The fourth-order valence-electron chi connectivity index (χ4n) is 0.694. The van der Waals surface area contributed by atoms with Crippen molar-refractivity contribution in [2.45, 2.75) is 20.8 Å². The second-order valence-corrected chi connectivity index (χ2v) is 2.24. The van der Waals surface area contributed by atoms with E-state index in [0.29, 0.717) is 6.61 Å². The molecule has 0 fully saturated rings. The number of hydrogen-bond acceptors (Lipinski definition) is 2. The van der Waals surface area contributed by atoms with Gasteiger partial charge in [0.25, 0.3) is 0 Å². The van der Waals surface area contributed by atoms with Gasteiger partial charge in [-0.2, -0.15) is 0 Å². The molecule has 0 rings (SSSR count). The number of allylic oxidation sites excluding steroid dienone is 2. The quantitative estimate of drug-likeness (QED) is 0.472. The third-order valence-corrected chi connectivity index (χ3v) is 1.13. The van der Waals surface area contributed by atoms with Crippen LogP contribution in [0.1, 0.15) is 20.8 Å². The average Bonchev–Trinajstić information content (AvgIpc) is 1.88. The van der Waals surface area contributed by atoms with Crippen LogP contribution in [0, 0.1) is 11.3 Å². The van der Waals surface area contributed by atoms with Gasteiger partial charge in [0.1, 0.15) is 0 Å². The minimum absolute atomic E-state index is 0.187. The standard InChI is InChI=1S/C8H15NO/c1-4-10-8(3)5-7(2)6-9/h5-7,9H,4H2,1-3H3/b8-5-,9-6?. The molecule has 0 aliphatic rings. The van der Waals surface area contributed by atoms with Gasteiger partial charge in [-0.25, -0.2) is 0 Å². The van der Waals surface area contributed by atoms with Gasteiger partial charge in [-0.3, -0.25) is 0 Å². The van der Waals surface area contributed by atoms with Crippen LogP contribution >= 0.6 is 0 Å². The van der Waals surface area contributed by atoms with Crippen LogP contribution < -0.4 is 0 Å². The zero-order chi connectivity index (χ0) is 7.98. The van der Waals surface area contributed by atoms with Crippen molar-refractivity contribution in [3.05, 3.63) is 11.8 Å². The van der Waals surface area contributed by atoms with Gasteiger partial charge in [0.2, 0.25) is 0 Å². The highest BCUT2D eigenvalue weighted by molar-refractivity contribution is 5.58. The molecule has 10 heavy (non-hydrogen) atoms. The molecule has 1 atom stereocenters. The largest absolute Gasteiger partial charge is 0.499 e. The summed E-state index contributed by atoms with van der Waals surface area (Å²) in [5.74, 6) is 1.09. The zero-order valence-electron chi connectivity index (χ0n) is 6.85. The Morgan fingerprint density at radius 3 is 2.70 bits per heavy atom. The van der Waals surface area contributed by atoms with Crippen molar-refractivity contribution < 1.29 is 4.74 Å². The summed E-state index contributed by atoms with van der Waals surface area (Å²) in [6.07, 6.45) is 3.32. The second kappa shape index (κ2) is 5.03. The van der Waals surface area contributed by atoms with Gasteiger partial charge < -0.3 is 10.1 Å². The van der Waals surface area contributed by atoms with Gasteiger partial charge in [-0.1, -0.05) is 6.92 Å². The summed E-state index contributed by atoms with van der Waals surface area (Å²) in [6, 6.07) is 0. The minimum atomic E-state index is 0.187. The SMILES string of the molecule is CCO/C(C)=C\C(C)C=N. The molecule has 0 aromatic rings. The van der Waals surface area contributed by atoms with E-state index in [1.165, 1.54) is 6.21 Å². The van der Waals surface area contributed by atoms with Crippen LogP contribution in [-0.2, 0) is 4.74 Å². The predicted molar refractivity (Wildman–Crippen MR) is 43.3 cm³/mol. The van der Waals surface area contributed by atoms with Crippen molar-refractivity contribution in [2.75, 3.05) is 6.61 Å². The average molecular weight is 141 g/mol. The molecule has 2 heteroatoms. The summed E-state index contributed by atoms with van der Waals surface area (Å²) in [5, 5.41) is 6.91. The lowest BCUT2D eigenvalue weighted by atomic mass is 10.2. The monoisotopic (exact) mass is 141 g/mol. The van der Waals surface area contributed by atoms with Crippen LogP contribution in [0.15, 0.2) is 11.8 Å². The first-order valence-electron chi connectivity index (χ1n) is 3.52. The van der Waals surface area contributed by atoms with Crippen LogP contribution in [0.5, 0.6) is 0 Å². The third kappa shape index (κ3) is 4.13. The first-order valence-corrected chi connectivity index (χ1v) is 3.52. The van der Waals surface area contributed by atoms with Crippen LogP contribution in [0.3, 0.4) is 0 Å². The Morgan fingerprint density at radius 1 is 1.70 bits per heavy atom. The molecule has 0 aromatic heterocycles. The summed E-state index contributed by atoms with van der Waals surface area (Å²) in [4.78, 5) is 0. The molecule has 0 aliphatic heterocycles. The van der Waals surface area contributed by atoms with Crippen molar-refractivity contribution in [1.29, 1.82) is 5.41 Å². The van der Waals surface area contributed by atoms with E-state index in [1.54, 1.807) is 0 Å². The lowest BCUT2D eigenvalue weighted by Gasteiger charge is -2.03. The van der Waals surface area contributed by atoms with Gasteiger partial charge in [-0.15, -0.1) is 0 Å². The Balaban J connectivity index is 3.76. The molecule has 1 N–H and O–H groups in total. The fraction of sp³-hybridized carbons (Fsp3) is 0.625. The third-order valence-electron chi connectivity index (χ3n) is 1.13. The minimum Gasteiger partial charge on any atom is -0.499 e. The van der Waals surface area contributed by atoms with E-state index in [9.17, 15) is 0 Å². The van der Waals surface area contributed by atoms with Gasteiger partial charge in [0.05, 0.1) is 12.4 Å². The number of ether oxygens (including phenoxy) is 1. The zero-order valence-corrected chi connectivity index (χ0v) is 6.85. The maximum Gasteiger partial charge on any atom is 0.0895 e. The van der Waals surface area contributed by atoms with Crippen molar-refractivity contribution in [3.63, 3.8) is 0 Å². The molecule has 0 amide bonds. The first-order chi connectivity index (χ1) is 4.70. The Bertz CT molecular complexity index is 129. The normalized spacial score (nSPS) is 14.5. The fourth-order valence-corrected chi connectivity index (χ4v) is 0.694. The lowest BCUT2D eigenvalue weighted by Crippen LogP contribution is -1.93. The molecule has 0 heterocycles. The van der Waals surface area contributed by atoms with Gasteiger partial charge >= 0.3 is 0 Å². The van der Waals surface area contributed by atoms with Gasteiger partial charge in [-0.05, 0) is 19.9 Å². The molecular formula is C8H15NO. The van der Waals surface area contributed by atoms with Crippen molar-refractivity contribution in [1.82, 2.24) is 0 Å². The molecule has 1 unspecified atom stereocenters. The highest BCUT2D eigenvalue weighted by atomic mass is 16.5. The van der Waals surface area contributed by atoms with Crippen molar-refractivity contribution in [2.24, 2.45) is 5.92 Å². The van der Waals surface area contributed by atoms with Crippen LogP contribution in [-0.4, -0.2) is 12.8 Å². The summed E-state index contributed by atoms with van der Waals surface area (Å²) < 4.78 is 5.17. The molecule has 0 saturated heterocycles. The van der Waals surface area contributed by atoms with E-state index in [4.69, 9.17) is 10.1 Å². The topological polar surface area (TPSA) is 33.1 Å². The first kappa shape index (κ1) is 9.21. The summed E-state index contributed by atoms with van der Waals surface area (Å²) >= 11 is 0. The van der Waals surface area contributed by atoms with Crippen molar-refractivity contribution >= 4 is 6.21 Å². The maximum atomic E-state index is 6.91. The van der Waals surface area contributed by atoms with E-state index in [0.717, 1.165) is 5.76 Å². The van der Waals surface area contributed by atoms with E-state index in [1.807, 2.05) is 26.8 Å². The van der Waals surface area contributed by atoms with Crippen LogP contribution in [0.4, 0.5) is 0 Å². The number of hydrogen-bond donors (Lipinski definition) is 1. The van der Waals surface area contributed by atoms with Gasteiger partial charge in [0.15, 0.2) is 0 Å². The summed E-state index contributed by atoms with van der Waals surface area (Å²) in [7, 11) is 0. The molecule has 2 nitrogen and oxygen atoms in total. The molecule has 0 saturated carbocycles. The van der Waals surface area contributed by atoms with E-state index in [2.05, 4.69) is 0 Å². The Hall–Kier alpha value is -0.790. The van der Waals surface area contributed by atoms with Gasteiger partial charge in [0, 0.05) is 12.1 Å². The molecule has 58 valence electrons. The molecule has 0 radical (unpaired) electrons. The Kier molecular flexibility index (Phi) is 4.63. The Labute approximate surface area is 62.4 Å². The lowest BCUT2D eigenvalue weighted by molar-refractivity contribution is 0.229. The molecule has 0 spiro atoms. The van der Waals surface area contributed by atoms with Crippen LogP contribution in [0.25, 0.3) is 0 Å². The van der Waals surface area contributed by atoms with E-state index in [-0.39, 0.29) is 5.92 Å². The highest BCUT2D eigenvalue weighted by Crippen LogP contribution is 2.00. The summed E-state index contributed by atoms with van der Waals surface area (Å²) in [6.45, 7) is 6.51. The second-order valence-electron chi connectivity index (χ2n) is 2.24. The molecule has 0 aliphatic carbocycles. The summed E-state index contributed by atoms with van der Waals surface area (Å²) in [5.41, 5.74) is 0. The van der Waals surface area contributed by atoms with Crippen LogP contribution in [0.2, 0.25) is 0 Å². The smallest absolute Gasteiger partial charge is 0.0895 e. The number of rotatable bonds is 4. The Morgan fingerprint density at radius 2 is 2.30 bits per heavy atom. The highest BCUT2D eigenvalue weighted by Gasteiger charge is 1.92. The maximum absolute atomic E-state index is 6.91. The van der Waals surface area contributed by atoms with E-state index >= 15 is 0 Å².